The van der Waals surface area contributed by atoms with E-state index in [4.69, 9.17) is 22.7 Å². The van der Waals surface area contributed by atoms with E-state index in [0.29, 0.717) is 24.0 Å². The van der Waals surface area contributed by atoms with Crippen molar-refractivity contribution in [2.24, 2.45) is 5.73 Å². The Balaban J connectivity index is 3.01. The van der Waals surface area contributed by atoms with Crippen LogP contribution in [0.4, 0.5) is 5.82 Å². The lowest BCUT2D eigenvalue weighted by Crippen LogP contribution is -2.32. The Labute approximate surface area is 125 Å². The second-order valence-electron chi connectivity index (χ2n) is 4.45. The number of ether oxygens (including phenoxy) is 1. The maximum atomic E-state index is 11.7. The summed E-state index contributed by atoms with van der Waals surface area (Å²) in [4.78, 5) is 18.3. The van der Waals surface area contributed by atoms with E-state index in [2.05, 4.69) is 4.98 Å². The van der Waals surface area contributed by atoms with Crippen LogP contribution in [0.2, 0.25) is 0 Å². The molecule has 110 valence electrons. The van der Waals surface area contributed by atoms with E-state index in [1.807, 2.05) is 30.9 Å². The summed E-state index contributed by atoms with van der Waals surface area (Å²) in [6, 6.07) is 3.64. The lowest BCUT2D eigenvalue weighted by Gasteiger charge is -2.23. The number of thiocarbonyl (C=S) groups is 1. The number of esters is 1. The van der Waals surface area contributed by atoms with Crippen LogP contribution in [0.3, 0.4) is 0 Å². The minimum absolute atomic E-state index is 0.176. The third-order valence-electron chi connectivity index (χ3n) is 2.67. The zero-order valence-corrected chi connectivity index (χ0v) is 13.0. The highest BCUT2D eigenvalue weighted by atomic mass is 32.1. The molecule has 0 aliphatic carbocycles. The molecule has 6 heteroatoms. The molecule has 0 saturated heterocycles. The Morgan fingerprint density at radius 3 is 2.70 bits per heavy atom. The van der Waals surface area contributed by atoms with Crippen LogP contribution in [0.5, 0.6) is 0 Å². The molecule has 0 radical (unpaired) electrons. The van der Waals surface area contributed by atoms with E-state index < -0.39 is 0 Å². The van der Waals surface area contributed by atoms with Crippen molar-refractivity contribution in [1.29, 1.82) is 0 Å². The highest BCUT2D eigenvalue weighted by Gasteiger charge is 2.14. The lowest BCUT2D eigenvalue weighted by atomic mass is 10.2. The van der Waals surface area contributed by atoms with Gasteiger partial charge in [0.2, 0.25) is 0 Å². The molecule has 2 N–H and O–H groups in total. The maximum Gasteiger partial charge on any atom is 0.325 e. The number of rotatable bonds is 7. The summed E-state index contributed by atoms with van der Waals surface area (Å²) < 4.78 is 4.99. The first kappa shape index (κ1) is 16.4. The van der Waals surface area contributed by atoms with Gasteiger partial charge in [-0.25, -0.2) is 4.98 Å². The SMILES string of the molecule is CCCN(CC(=O)OCC)c1cc(C(N)=S)cc(C)n1. The highest BCUT2D eigenvalue weighted by Crippen LogP contribution is 2.15. The van der Waals surface area contributed by atoms with Crippen LogP contribution < -0.4 is 10.6 Å². The Hall–Kier alpha value is -1.69. The zero-order chi connectivity index (χ0) is 15.1. The quantitative estimate of drug-likeness (QED) is 0.611. The van der Waals surface area contributed by atoms with Crippen molar-refractivity contribution < 1.29 is 9.53 Å². The summed E-state index contributed by atoms with van der Waals surface area (Å²) in [5.41, 5.74) is 7.24. The molecule has 1 heterocycles. The van der Waals surface area contributed by atoms with Crippen molar-refractivity contribution in [3.8, 4) is 0 Å². The van der Waals surface area contributed by atoms with Crippen molar-refractivity contribution in [3.05, 3.63) is 23.4 Å². The van der Waals surface area contributed by atoms with E-state index in [9.17, 15) is 4.79 Å². The van der Waals surface area contributed by atoms with Gasteiger partial charge >= 0.3 is 5.97 Å². The van der Waals surface area contributed by atoms with Crippen LogP contribution in [0, 0.1) is 6.92 Å². The molecule has 0 aliphatic rings. The molecule has 0 spiro atoms. The standard InChI is InChI=1S/C14H21N3O2S/c1-4-6-17(9-13(18)19-5-2)12-8-11(14(15)20)7-10(3)16-12/h7-8H,4-6,9H2,1-3H3,(H2,15,20). The number of carbonyl (C=O) groups excluding carboxylic acids is 1. The summed E-state index contributed by atoms with van der Waals surface area (Å²) in [7, 11) is 0. The number of aryl methyl sites for hydroxylation is 1. The van der Waals surface area contributed by atoms with Gasteiger partial charge in [0.05, 0.1) is 6.61 Å². The molecule has 5 nitrogen and oxygen atoms in total. The van der Waals surface area contributed by atoms with Crippen molar-refractivity contribution in [2.75, 3.05) is 24.6 Å². The van der Waals surface area contributed by atoms with Crippen molar-refractivity contribution in [1.82, 2.24) is 4.98 Å². The Morgan fingerprint density at radius 1 is 1.45 bits per heavy atom. The summed E-state index contributed by atoms with van der Waals surface area (Å²) in [5, 5.41) is 0. The molecule has 1 aromatic heterocycles. The molecule has 1 rings (SSSR count). The van der Waals surface area contributed by atoms with Gasteiger partial charge in [-0.15, -0.1) is 0 Å². The number of nitrogens with two attached hydrogens (primary N) is 1. The first-order valence-corrected chi connectivity index (χ1v) is 7.07. The summed E-state index contributed by atoms with van der Waals surface area (Å²) in [6.07, 6.45) is 0.900. The fourth-order valence-corrected chi connectivity index (χ4v) is 1.98. The van der Waals surface area contributed by atoms with Crippen molar-refractivity contribution in [2.45, 2.75) is 27.2 Å². The Bertz CT molecular complexity index is 491. The van der Waals surface area contributed by atoms with E-state index in [-0.39, 0.29) is 12.5 Å². The molecule has 0 aromatic carbocycles. The molecule has 0 amide bonds. The van der Waals surface area contributed by atoms with E-state index in [1.165, 1.54) is 0 Å². The lowest BCUT2D eigenvalue weighted by molar-refractivity contribution is -0.141. The van der Waals surface area contributed by atoms with E-state index in [1.54, 1.807) is 6.92 Å². The van der Waals surface area contributed by atoms with Gasteiger partial charge in [-0.2, -0.15) is 0 Å². The molecule has 0 fully saturated rings. The molecule has 0 atom stereocenters. The normalized spacial score (nSPS) is 10.2. The van der Waals surface area contributed by atoms with Crippen molar-refractivity contribution >= 4 is 29.0 Å². The largest absolute Gasteiger partial charge is 0.465 e. The van der Waals surface area contributed by atoms with Gasteiger partial charge in [0.25, 0.3) is 0 Å². The number of aromatic nitrogens is 1. The molecule has 1 aromatic rings. The topological polar surface area (TPSA) is 68.5 Å². The Kier molecular flexibility index (Phi) is 6.38. The van der Waals surface area contributed by atoms with Gasteiger partial charge in [0, 0.05) is 17.8 Å². The minimum atomic E-state index is -0.263. The molecule has 0 aliphatic heterocycles. The predicted molar refractivity (Wildman–Crippen MR) is 84.0 cm³/mol. The van der Waals surface area contributed by atoms with Crippen LogP contribution in [0.25, 0.3) is 0 Å². The van der Waals surface area contributed by atoms with Gasteiger partial charge in [-0.05, 0) is 32.4 Å². The van der Waals surface area contributed by atoms with E-state index in [0.717, 1.165) is 17.7 Å². The van der Waals surface area contributed by atoms with Crippen LogP contribution in [0.15, 0.2) is 12.1 Å². The maximum absolute atomic E-state index is 11.7. The van der Waals surface area contributed by atoms with Gasteiger partial charge in [0.15, 0.2) is 0 Å². The fourth-order valence-electron chi connectivity index (χ4n) is 1.86. The van der Waals surface area contributed by atoms with Gasteiger partial charge in [0.1, 0.15) is 17.4 Å². The first-order chi connectivity index (χ1) is 9.47. The second-order valence-corrected chi connectivity index (χ2v) is 4.89. The molecule has 20 heavy (non-hydrogen) atoms. The molecule has 0 bridgehead atoms. The summed E-state index contributed by atoms with van der Waals surface area (Å²) >= 11 is 5.00. The van der Waals surface area contributed by atoms with Gasteiger partial charge in [-0.3, -0.25) is 4.79 Å². The smallest absolute Gasteiger partial charge is 0.325 e. The third-order valence-corrected chi connectivity index (χ3v) is 2.90. The number of hydrogen-bond acceptors (Lipinski definition) is 5. The average molecular weight is 295 g/mol. The van der Waals surface area contributed by atoms with Crippen LogP contribution in [-0.2, 0) is 9.53 Å². The second kappa shape index (κ2) is 7.79. The average Bonchev–Trinajstić information content (AvgIpc) is 2.37. The predicted octanol–water partition coefficient (Wildman–Crippen LogP) is 1.80. The fraction of sp³-hybridized carbons (Fsp3) is 0.500. The molecular formula is C14H21N3O2S. The number of hydrogen-bond donors (Lipinski definition) is 1. The zero-order valence-electron chi connectivity index (χ0n) is 12.2. The number of pyridine rings is 1. The molecular weight excluding hydrogens is 274 g/mol. The van der Waals surface area contributed by atoms with Crippen LogP contribution >= 0.6 is 12.2 Å². The van der Waals surface area contributed by atoms with Gasteiger partial charge < -0.3 is 15.4 Å². The highest BCUT2D eigenvalue weighted by molar-refractivity contribution is 7.80. The number of carbonyl (C=O) groups is 1. The Morgan fingerprint density at radius 2 is 2.15 bits per heavy atom. The summed E-state index contributed by atoms with van der Waals surface area (Å²) in [6.45, 7) is 6.97. The minimum Gasteiger partial charge on any atom is -0.465 e. The molecule has 0 saturated carbocycles. The van der Waals surface area contributed by atoms with Crippen molar-refractivity contribution in [3.63, 3.8) is 0 Å². The summed E-state index contributed by atoms with van der Waals surface area (Å²) in [5.74, 6) is 0.434. The van der Waals surface area contributed by atoms with Crippen LogP contribution in [0.1, 0.15) is 31.5 Å². The van der Waals surface area contributed by atoms with E-state index >= 15 is 0 Å². The van der Waals surface area contributed by atoms with Gasteiger partial charge in [-0.1, -0.05) is 19.1 Å². The number of anilines is 1. The first-order valence-electron chi connectivity index (χ1n) is 6.67. The third kappa shape index (κ3) is 4.77. The monoisotopic (exact) mass is 295 g/mol. The number of nitrogens with zero attached hydrogens (tertiary/aromatic N) is 2. The van der Waals surface area contributed by atoms with Crippen LogP contribution in [-0.4, -0.2) is 35.6 Å². The molecule has 0 unspecified atom stereocenters.